The van der Waals surface area contributed by atoms with Crippen LogP contribution < -0.4 is 5.32 Å². The molecule has 0 aliphatic heterocycles. The van der Waals surface area contributed by atoms with Gasteiger partial charge in [-0.2, -0.15) is 0 Å². The molecule has 4 heteroatoms. The van der Waals surface area contributed by atoms with Gasteiger partial charge in [0.2, 0.25) is 5.91 Å². The molecule has 3 rings (SSSR count). The van der Waals surface area contributed by atoms with Gasteiger partial charge in [0, 0.05) is 17.8 Å². The number of amides is 1. The number of anilines is 1. The third-order valence-corrected chi connectivity index (χ3v) is 6.05. The van der Waals surface area contributed by atoms with Gasteiger partial charge in [0.15, 0.2) is 0 Å². The average molecular weight is 466 g/mol. The summed E-state index contributed by atoms with van der Waals surface area (Å²) in [6.45, 7) is 4.56. The van der Waals surface area contributed by atoms with E-state index < -0.39 is 0 Å². The zero-order chi connectivity index (χ0) is 24.1. The summed E-state index contributed by atoms with van der Waals surface area (Å²) in [5.74, 6) is 0.745. The number of unbranched alkanes of at least 4 members (excludes halogenated alkanes) is 1. The Morgan fingerprint density at radius 1 is 0.848 bits per heavy atom. The second kappa shape index (κ2) is 14.5. The van der Waals surface area contributed by atoms with Crippen molar-refractivity contribution in [1.29, 1.82) is 0 Å². The molecule has 0 saturated heterocycles. The lowest BCUT2D eigenvalue weighted by molar-refractivity contribution is -0.115. The average Bonchev–Trinajstić information content (AvgIpc) is 2.85. The number of nitrogens with one attached hydrogen (secondary N) is 1. The Balaban J connectivity index is 0.00000187. The molecule has 3 nitrogen and oxygen atoms in total. The lowest BCUT2D eigenvalue weighted by Gasteiger charge is -2.14. The number of aliphatic hydroxyl groups is 1. The van der Waals surface area contributed by atoms with Gasteiger partial charge in [-0.1, -0.05) is 99.7 Å². The van der Waals surface area contributed by atoms with E-state index in [1.165, 1.54) is 36.8 Å². The van der Waals surface area contributed by atoms with Gasteiger partial charge < -0.3 is 10.4 Å². The normalized spacial score (nSPS) is 11.3. The highest BCUT2D eigenvalue weighted by molar-refractivity contribution is 6.30. The van der Waals surface area contributed by atoms with Crippen molar-refractivity contribution >= 4 is 23.2 Å². The summed E-state index contributed by atoms with van der Waals surface area (Å²) in [7, 11) is 1.00. The first-order chi connectivity index (χ1) is 16.1. The molecule has 0 heterocycles. The van der Waals surface area contributed by atoms with E-state index in [0.29, 0.717) is 11.4 Å². The molecule has 0 aliphatic rings. The number of hydrogen-bond donors (Lipinski definition) is 2. The van der Waals surface area contributed by atoms with E-state index in [0.717, 1.165) is 36.3 Å². The molecule has 33 heavy (non-hydrogen) atoms. The molecule has 1 atom stereocenters. The highest BCUT2D eigenvalue weighted by Crippen LogP contribution is 2.24. The molecule has 2 N–H and O–H groups in total. The summed E-state index contributed by atoms with van der Waals surface area (Å²) in [5, 5.41) is 10.6. The van der Waals surface area contributed by atoms with Crippen LogP contribution in [0.1, 0.15) is 50.7 Å². The van der Waals surface area contributed by atoms with E-state index in [-0.39, 0.29) is 5.91 Å². The van der Waals surface area contributed by atoms with Crippen LogP contribution in [-0.4, -0.2) is 18.1 Å². The van der Waals surface area contributed by atoms with Crippen LogP contribution in [0.15, 0.2) is 72.8 Å². The van der Waals surface area contributed by atoms with Crippen molar-refractivity contribution in [3.63, 3.8) is 0 Å². The van der Waals surface area contributed by atoms with Crippen LogP contribution >= 0.6 is 11.6 Å². The maximum Gasteiger partial charge on any atom is 0.228 e. The van der Waals surface area contributed by atoms with E-state index in [2.05, 4.69) is 55.6 Å². The van der Waals surface area contributed by atoms with Crippen molar-refractivity contribution in [2.24, 2.45) is 5.92 Å². The third kappa shape index (κ3) is 9.03. The molecule has 1 unspecified atom stereocenters. The van der Waals surface area contributed by atoms with Crippen LogP contribution in [0.25, 0.3) is 11.1 Å². The van der Waals surface area contributed by atoms with Crippen molar-refractivity contribution in [1.82, 2.24) is 0 Å². The Hall–Kier alpha value is -2.62. The number of aliphatic hydroxyl groups excluding tert-OH is 1. The number of carbonyl (C=O) groups excluding carboxylic acids is 1. The number of rotatable bonds is 10. The van der Waals surface area contributed by atoms with Gasteiger partial charge in [-0.15, -0.1) is 0 Å². The van der Waals surface area contributed by atoms with E-state index in [1.54, 1.807) is 12.1 Å². The zero-order valence-electron chi connectivity index (χ0n) is 20.0. The largest absolute Gasteiger partial charge is 0.400 e. The Labute approximate surface area is 203 Å². The minimum Gasteiger partial charge on any atom is -0.400 e. The van der Waals surface area contributed by atoms with Crippen molar-refractivity contribution in [2.45, 2.75) is 52.4 Å². The maximum absolute atomic E-state index is 12.3. The van der Waals surface area contributed by atoms with Gasteiger partial charge in [-0.05, 0) is 58.9 Å². The van der Waals surface area contributed by atoms with Gasteiger partial charge in [0.25, 0.3) is 0 Å². The van der Waals surface area contributed by atoms with Gasteiger partial charge in [0.05, 0.1) is 6.42 Å². The first-order valence-corrected chi connectivity index (χ1v) is 12.1. The number of benzene rings is 3. The highest BCUT2D eigenvalue weighted by Gasteiger charge is 2.08. The quantitative estimate of drug-likeness (QED) is 0.324. The Morgan fingerprint density at radius 3 is 1.94 bits per heavy atom. The Kier molecular flexibility index (Phi) is 11.7. The van der Waals surface area contributed by atoms with E-state index in [1.807, 2.05) is 24.3 Å². The molecular formula is C29H36ClNO2. The van der Waals surface area contributed by atoms with Gasteiger partial charge in [-0.3, -0.25) is 4.79 Å². The van der Waals surface area contributed by atoms with E-state index in [9.17, 15) is 4.79 Å². The van der Waals surface area contributed by atoms with Gasteiger partial charge >= 0.3 is 0 Å². The summed E-state index contributed by atoms with van der Waals surface area (Å²) in [6.07, 6.45) is 6.64. The summed E-state index contributed by atoms with van der Waals surface area (Å²) in [5.41, 5.74) is 5.52. The zero-order valence-corrected chi connectivity index (χ0v) is 20.7. The molecule has 0 aromatic heterocycles. The lowest BCUT2D eigenvalue weighted by Crippen LogP contribution is -2.14. The second-order valence-electron chi connectivity index (χ2n) is 8.25. The fourth-order valence-electron chi connectivity index (χ4n) is 3.85. The summed E-state index contributed by atoms with van der Waals surface area (Å²) >= 11 is 5.90. The molecular weight excluding hydrogens is 430 g/mol. The monoisotopic (exact) mass is 465 g/mol. The predicted octanol–water partition coefficient (Wildman–Crippen LogP) is 7.56. The molecule has 1 amide bonds. The molecule has 0 saturated carbocycles. The van der Waals surface area contributed by atoms with Crippen molar-refractivity contribution in [3.8, 4) is 11.1 Å². The van der Waals surface area contributed by atoms with Gasteiger partial charge in [0.1, 0.15) is 0 Å². The maximum atomic E-state index is 12.3. The fraction of sp³-hybridized carbons (Fsp3) is 0.345. The first kappa shape index (κ1) is 26.6. The Morgan fingerprint density at radius 2 is 1.39 bits per heavy atom. The molecule has 0 radical (unpaired) electrons. The van der Waals surface area contributed by atoms with E-state index in [4.69, 9.17) is 16.7 Å². The second-order valence-corrected chi connectivity index (χ2v) is 8.68. The first-order valence-electron chi connectivity index (χ1n) is 11.8. The SMILES string of the molecule is CCCCC(CC)Cc1ccc(-c2ccc(NC(=O)Cc3ccc(Cl)cc3)cc2)cc1.CO. The molecule has 0 spiro atoms. The molecule has 3 aromatic rings. The summed E-state index contributed by atoms with van der Waals surface area (Å²) < 4.78 is 0. The topological polar surface area (TPSA) is 49.3 Å². The number of halogens is 1. The predicted molar refractivity (Wildman–Crippen MR) is 141 cm³/mol. The number of hydrogen-bond acceptors (Lipinski definition) is 2. The van der Waals surface area contributed by atoms with Crippen molar-refractivity contribution in [3.05, 3.63) is 88.9 Å². The molecule has 0 aliphatic carbocycles. The molecule has 0 fully saturated rings. The fourth-order valence-corrected chi connectivity index (χ4v) is 3.97. The molecule has 3 aromatic carbocycles. The van der Waals surface area contributed by atoms with Crippen LogP contribution in [0.3, 0.4) is 0 Å². The van der Waals surface area contributed by atoms with Crippen molar-refractivity contribution in [2.75, 3.05) is 12.4 Å². The van der Waals surface area contributed by atoms with Crippen LogP contribution in [0.4, 0.5) is 5.69 Å². The standard InChI is InChI=1S/C28H32ClNO.CH4O/c1-3-5-6-21(4-2)19-22-7-11-24(12-8-22)25-13-17-27(18-14-25)30-28(31)20-23-9-15-26(29)16-10-23;1-2/h7-18,21H,3-6,19-20H2,1-2H3,(H,30,31);2H,1H3. The van der Waals surface area contributed by atoms with E-state index >= 15 is 0 Å². The van der Waals surface area contributed by atoms with Gasteiger partial charge in [-0.25, -0.2) is 0 Å². The van der Waals surface area contributed by atoms with Crippen molar-refractivity contribution < 1.29 is 9.90 Å². The lowest BCUT2D eigenvalue weighted by atomic mass is 9.91. The molecule has 0 bridgehead atoms. The summed E-state index contributed by atoms with van der Waals surface area (Å²) in [4.78, 5) is 12.3. The highest BCUT2D eigenvalue weighted by atomic mass is 35.5. The number of carbonyl (C=O) groups is 1. The summed E-state index contributed by atoms with van der Waals surface area (Å²) in [6, 6.07) is 24.3. The minimum absolute atomic E-state index is 0.0343. The van der Waals surface area contributed by atoms with Crippen LogP contribution in [0.5, 0.6) is 0 Å². The third-order valence-electron chi connectivity index (χ3n) is 5.80. The minimum atomic E-state index is -0.0343. The Bertz CT molecular complexity index is 950. The van der Waals surface area contributed by atoms with Crippen LogP contribution in [0, 0.1) is 5.92 Å². The molecule has 176 valence electrons. The van der Waals surface area contributed by atoms with Crippen LogP contribution in [-0.2, 0) is 17.6 Å². The van der Waals surface area contributed by atoms with Crippen LogP contribution in [0.2, 0.25) is 5.02 Å². The smallest absolute Gasteiger partial charge is 0.228 e.